The molecule has 2 nitrogen and oxygen atoms in total. The van der Waals surface area contributed by atoms with Gasteiger partial charge in [-0.1, -0.05) is 60.2 Å². The molecular weight excluding hydrogens is 314 g/mol. The van der Waals surface area contributed by atoms with Crippen molar-refractivity contribution in [3.63, 3.8) is 0 Å². The Morgan fingerprint density at radius 3 is 2.10 bits per heavy atom. The SMILES string of the molecule is CC(O)(c1ccc(Br)cc1)C1(C#N)CCCCCCC1. The summed E-state index contributed by atoms with van der Waals surface area (Å²) in [7, 11) is 0. The standard InChI is InChI=1S/C17H22BrNO/c1-16(20,14-7-9-15(18)10-8-14)17(13-19)11-5-3-2-4-6-12-17/h7-10,20H,2-6,11-12H2,1H3. The fraction of sp³-hybridized carbons (Fsp3) is 0.588. The molecule has 0 amide bonds. The number of rotatable bonds is 2. The van der Waals surface area contributed by atoms with Crippen molar-refractivity contribution in [2.24, 2.45) is 5.41 Å². The van der Waals surface area contributed by atoms with Crippen molar-refractivity contribution in [2.45, 2.75) is 57.5 Å². The molecule has 1 aromatic carbocycles. The second kappa shape index (κ2) is 6.28. The van der Waals surface area contributed by atoms with Crippen molar-refractivity contribution in [2.75, 3.05) is 0 Å². The predicted octanol–water partition coefficient (Wildman–Crippen LogP) is 4.91. The Labute approximate surface area is 129 Å². The Morgan fingerprint density at radius 1 is 1.10 bits per heavy atom. The zero-order valence-electron chi connectivity index (χ0n) is 12.0. The Hall–Kier alpha value is -0.850. The van der Waals surface area contributed by atoms with Gasteiger partial charge in [-0.15, -0.1) is 0 Å². The normalized spacial score (nSPS) is 22.1. The highest BCUT2D eigenvalue weighted by molar-refractivity contribution is 9.10. The van der Waals surface area contributed by atoms with E-state index in [2.05, 4.69) is 22.0 Å². The van der Waals surface area contributed by atoms with Gasteiger partial charge < -0.3 is 5.11 Å². The van der Waals surface area contributed by atoms with Crippen LogP contribution in [0.5, 0.6) is 0 Å². The summed E-state index contributed by atoms with van der Waals surface area (Å²) in [6, 6.07) is 10.2. The molecule has 1 atom stereocenters. The van der Waals surface area contributed by atoms with Crippen molar-refractivity contribution in [3.8, 4) is 6.07 Å². The molecule has 0 heterocycles. The molecule has 108 valence electrons. The molecule has 20 heavy (non-hydrogen) atoms. The first-order chi connectivity index (χ1) is 9.52. The van der Waals surface area contributed by atoms with E-state index in [1.54, 1.807) is 6.92 Å². The summed E-state index contributed by atoms with van der Waals surface area (Å²) < 4.78 is 0.987. The topological polar surface area (TPSA) is 44.0 Å². The quantitative estimate of drug-likeness (QED) is 0.834. The molecule has 0 aromatic heterocycles. The molecule has 1 unspecified atom stereocenters. The van der Waals surface area contributed by atoms with Crippen molar-refractivity contribution in [3.05, 3.63) is 34.3 Å². The lowest BCUT2D eigenvalue weighted by molar-refractivity contribution is -0.0582. The molecule has 2 rings (SSSR count). The van der Waals surface area contributed by atoms with Crippen LogP contribution < -0.4 is 0 Å². The van der Waals surface area contributed by atoms with Crippen LogP contribution in [0, 0.1) is 16.7 Å². The number of halogens is 1. The van der Waals surface area contributed by atoms with Crippen LogP contribution >= 0.6 is 15.9 Å². The lowest BCUT2D eigenvalue weighted by Crippen LogP contribution is -2.43. The van der Waals surface area contributed by atoms with E-state index in [-0.39, 0.29) is 0 Å². The Morgan fingerprint density at radius 2 is 1.60 bits per heavy atom. The minimum atomic E-state index is -1.10. The molecule has 0 saturated heterocycles. The highest BCUT2D eigenvalue weighted by Crippen LogP contribution is 2.48. The molecule has 0 aliphatic heterocycles. The molecule has 0 radical (unpaired) electrons. The first kappa shape index (κ1) is 15.5. The van der Waals surface area contributed by atoms with Crippen molar-refractivity contribution < 1.29 is 5.11 Å². The highest BCUT2D eigenvalue weighted by atomic mass is 79.9. The van der Waals surface area contributed by atoms with Gasteiger partial charge in [0, 0.05) is 4.47 Å². The number of nitriles is 1. The number of hydrogen-bond acceptors (Lipinski definition) is 2. The zero-order valence-corrected chi connectivity index (χ0v) is 13.6. The summed E-state index contributed by atoms with van der Waals surface area (Å²) in [4.78, 5) is 0. The van der Waals surface area contributed by atoms with Gasteiger partial charge in [0.1, 0.15) is 5.60 Å². The van der Waals surface area contributed by atoms with E-state index in [9.17, 15) is 10.4 Å². The summed E-state index contributed by atoms with van der Waals surface area (Å²) >= 11 is 3.41. The predicted molar refractivity (Wildman–Crippen MR) is 84.1 cm³/mol. The van der Waals surface area contributed by atoms with E-state index in [1.165, 1.54) is 19.3 Å². The third-order valence-corrected chi connectivity index (χ3v) is 5.29. The van der Waals surface area contributed by atoms with Crippen molar-refractivity contribution in [1.82, 2.24) is 0 Å². The van der Waals surface area contributed by atoms with Gasteiger partial charge in [0.2, 0.25) is 0 Å². The average molecular weight is 336 g/mol. The highest BCUT2D eigenvalue weighted by Gasteiger charge is 2.48. The molecule has 1 aromatic rings. The summed E-state index contributed by atoms with van der Waals surface area (Å²) in [6.45, 7) is 1.81. The molecule has 3 heteroatoms. The van der Waals surface area contributed by atoms with E-state index in [1.807, 2.05) is 24.3 Å². The number of nitrogens with zero attached hydrogens (tertiary/aromatic N) is 1. The molecule has 1 fully saturated rings. The van der Waals surface area contributed by atoms with Gasteiger partial charge in [-0.2, -0.15) is 5.26 Å². The van der Waals surface area contributed by atoms with Crippen LogP contribution in [-0.2, 0) is 5.60 Å². The van der Waals surface area contributed by atoms with E-state index in [4.69, 9.17) is 0 Å². The Balaban J connectivity index is 2.36. The minimum absolute atomic E-state index is 0.665. The molecule has 1 aliphatic carbocycles. The molecule has 1 aliphatic rings. The van der Waals surface area contributed by atoms with Crippen LogP contribution in [0.1, 0.15) is 57.4 Å². The monoisotopic (exact) mass is 335 g/mol. The number of aliphatic hydroxyl groups is 1. The average Bonchev–Trinajstić information content (AvgIpc) is 2.39. The van der Waals surface area contributed by atoms with Gasteiger partial charge in [-0.3, -0.25) is 0 Å². The minimum Gasteiger partial charge on any atom is -0.384 e. The van der Waals surface area contributed by atoms with Crippen molar-refractivity contribution in [1.29, 1.82) is 5.26 Å². The van der Waals surface area contributed by atoms with E-state index in [0.29, 0.717) is 0 Å². The van der Waals surface area contributed by atoms with Crippen LogP contribution in [0.3, 0.4) is 0 Å². The number of benzene rings is 1. The summed E-state index contributed by atoms with van der Waals surface area (Å²) in [5, 5.41) is 20.9. The lowest BCUT2D eigenvalue weighted by atomic mass is 9.64. The first-order valence-electron chi connectivity index (χ1n) is 7.41. The smallest absolute Gasteiger partial charge is 0.105 e. The third-order valence-electron chi connectivity index (χ3n) is 4.76. The van der Waals surface area contributed by atoms with Crippen LogP contribution in [-0.4, -0.2) is 5.11 Å². The maximum atomic E-state index is 11.1. The summed E-state index contributed by atoms with van der Waals surface area (Å²) in [5.41, 5.74) is -0.927. The van der Waals surface area contributed by atoms with E-state index >= 15 is 0 Å². The van der Waals surface area contributed by atoms with Crippen molar-refractivity contribution >= 4 is 15.9 Å². The Kier molecular flexibility index (Phi) is 4.88. The van der Waals surface area contributed by atoms with Gasteiger partial charge in [-0.25, -0.2) is 0 Å². The fourth-order valence-corrected chi connectivity index (χ4v) is 3.53. The summed E-state index contributed by atoms with van der Waals surface area (Å²) in [5.74, 6) is 0. The largest absolute Gasteiger partial charge is 0.384 e. The first-order valence-corrected chi connectivity index (χ1v) is 8.21. The molecular formula is C17H22BrNO. The zero-order chi connectivity index (χ0) is 14.6. The maximum Gasteiger partial charge on any atom is 0.105 e. The maximum absolute atomic E-state index is 11.1. The van der Waals surface area contributed by atoms with E-state index in [0.717, 1.165) is 35.7 Å². The van der Waals surface area contributed by atoms with Crippen LogP contribution in [0.25, 0.3) is 0 Å². The van der Waals surface area contributed by atoms with Gasteiger partial charge in [0.25, 0.3) is 0 Å². The van der Waals surface area contributed by atoms with Gasteiger partial charge in [0.05, 0.1) is 11.5 Å². The van der Waals surface area contributed by atoms with Gasteiger partial charge in [-0.05, 0) is 37.5 Å². The van der Waals surface area contributed by atoms with Crippen LogP contribution in [0.2, 0.25) is 0 Å². The van der Waals surface area contributed by atoms with Gasteiger partial charge in [0.15, 0.2) is 0 Å². The molecule has 1 saturated carbocycles. The molecule has 1 N–H and O–H groups in total. The molecule has 0 bridgehead atoms. The second-order valence-corrected chi connectivity index (χ2v) is 6.96. The molecule has 0 spiro atoms. The lowest BCUT2D eigenvalue weighted by Gasteiger charge is -2.42. The fourth-order valence-electron chi connectivity index (χ4n) is 3.27. The Bertz CT molecular complexity index is 479. The second-order valence-electron chi connectivity index (χ2n) is 6.04. The van der Waals surface area contributed by atoms with Crippen LogP contribution in [0.4, 0.5) is 0 Å². The van der Waals surface area contributed by atoms with E-state index < -0.39 is 11.0 Å². The summed E-state index contributed by atoms with van der Waals surface area (Å²) in [6.07, 6.45) is 7.21. The third kappa shape index (κ3) is 2.92. The van der Waals surface area contributed by atoms with Crippen LogP contribution in [0.15, 0.2) is 28.7 Å². The van der Waals surface area contributed by atoms with Gasteiger partial charge >= 0.3 is 0 Å². The number of hydrogen-bond donors (Lipinski definition) is 1.